The molecule has 10 heteroatoms. The summed E-state index contributed by atoms with van der Waals surface area (Å²) in [7, 11) is 0. The third kappa shape index (κ3) is 8.59. The van der Waals surface area contributed by atoms with Crippen LogP contribution in [0.2, 0.25) is 0 Å². The summed E-state index contributed by atoms with van der Waals surface area (Å²) >= 11 is 6.91. The largest absolute Gasteiger partial charge is 0.490 e. The van der Waals surface area contributed by atoms with Gasteiger partial charge in [-0.25, -0.2) is 5.43 Å². The summed E-state index contributed by atoms with van der Waals surface area (Å²) in [6.07, 6.45) is 2.31. The molecule has 0 atom stereocenters. The number of nitrogens with one attached hydrogen (secondary N) is 2. The molecule has 0 fully saturated rings. The molecule has 0 bridgehead atoms. The highest BCUT2D eigenvalue weighted by Crippen LogP contribution is 2.32. The van der Waals surface area contributed by atoms with Crippen LogP contribution in [0.5, 0.6) is 17.2 Å². The molecule has 0 spiro atoms. The van der Waals surface area contributed by atoms with Crippen LogP contribution in [-0.4, -0.2) is 37.8 Å². The minimum absolute atomic E-state index is 0.214. The Kier molecular flexibility index (Phi) is 11.2. The second-order valence-corrected chi connectivity index (χ2v) is 9.92. The summed E-state index contributed by atoms with van der Waals surface area (Å²) in [5.74, 6) is 0.757. The van der Waals surface area contributed by atoms with Gasteiger partial charge in [-0.2, -0.15) is 5.10 Å². The summed E-state index contributed by atoms with van der Waals surface area (Å²) < 4.78 is 18.5. The van der Waals surface area contributed by atoms with E-state index in [0.29, 0.717) is 51.7 Å². The van der Waals surface area contributed by atoms with E-state index in [4.69, 9.17) is 14.2 Å². The number of hydrogen-bond donors (Lipinski definition) is 2. The molecule has 0 aromatic heterocycles. The van der Waals surface area contributed by atoms with Gasteiger partial charge in [0.1, 0.15) is 5.75 Å². The fourth-order valence-corrected chi connectivity index (χ4v) is 4.73. The number of rotatable bonds is 12. The van der Waals surface area contributed by atoms with Crippen LogP contribution >= 0.6 is 31.9 Å². The number of amides is 2. The third-order valence-corrected chi connectivity index (χ3v) is 6.07. The molecule has 8 nitrogen and oxygen atoms in total. The summed E-state index contributed by atoms with van der Waals surface area (Å²) in [5, 5.41) is 6.90. The third-order valence-electron chi connectivity index (χ3n) is 5.02. The average Bonchev–Trinajstić information content (AvgIpc) is 2.87. The van der Waals surface area contributed by atoms with Crippen LogP contribution in [-0.2, 0) is 4.79 Å². The van der Waals surface area contributed by atoms with E-state index in [1.165, 1.54) is 6.21 Å². The number of aryl methyl sites for hydroxylation is 1. The molecular formula is C28H29Br2N3O5. The van der Waals surface area contributed by atoms with Crippen molar-refractivity contribution in [3.63, 3.8) is 0 Å². The van der Waals surface area contributed by atoms with Crippen LogP contribution in [0.3, 0.4) is 0 Å². The van der Waals surface area contributed by atoms with Gasteiger partial charge in [0.25, 0.3) is 11.8 Å². The van der Waals surface area contributed by atoms with Crippen LogP contribution in [0.25, 0.3) is 0 Å². The molecule has 200 valence electrons. The molecule has 0 unspecified atom stereocenters. The number of hydrogen-bond acceptors (Lipinski definition) is 6. The fourth-order valence-electron chi connectivity index (χ4n) is 3.36. The number of ether oxygens (including phenoxy) is 3. The molecule has 38 heavy (non-hydrogen) atoms. The van der Waals surface area contributed by atoms with Crippen molar-refractivity contribution in [2.24, 2.45) is 5.10 Å². The van der Waals surface area contributed by atoms with Crippen molar-refractivity contribution in [2.45, 2.75) is 27.2 Å². The lowest BCUT2D eigenvalue weighted by atomic mass is 10.2. The number of benzene rings is 3. The van der Waals surface area contributed by atoms with E-state index in [1.54, 1.807) is 30.3 Å². The van der Waals surface area contributed by atoms with Crippen molar-refractivity contribution in [2.75, 3.05) is 25.1 Å². The maximum absolute atomic E-state index is 12.7. The average molecular weight is 647 g/mol. The van der Waals surface area contributed by atoms with Gasteiger partial charge in [0.15, 0.2) is 18.1 Å². The molecule has 0 aliphatic carbocycles. The van der Waals surface area contributed by atoms with Crippen molar-refractivity contribution < 1.29 is 23.8 Å². The first-order valence-corrected chi connectivity index (χ1v) is 13.6. The first kappa shape index (κ1) is 29.2. The number of anilines is 1. The predicted molar refractivity (Wildman–Crippen MR) is 156 cm³/mol. The number of hydrazone groups is 1. The second-order valence-electron chi connectivity index (χ2n) is 8.15. The molecule has 3 aromatic carbocycles. The summed E-state index contributed by atoms with van der Waals surface area (Å²) in [5.41, 5.74) is 5.16. The monoisotopic (exact) mass is 645 g/mol. The van der Waals surface area contributed by atoms with Gasteiger partial charge < -0.3 is 19.5 Å². The first-order chi connectivity index (χ1) is 18.3. The SMILES string of the molecule is CCCOc1ccc(C(=O)N/N=C/c2cc(Br)cc(Br)c2OCC(=O)Nc2cccc(C)c2)cc1OCC. The Labute approximate surface area is 239 Å². The van der Waals surface area contributed by atoms with Crippen molar-refractivity contribution in [1.29, 1.82) is 0 Å². The van der Waals surface area contributed by atoms with Crippen molar-refractivity contribution in [1.82, 2.24) is 5.43 Å². The van der Waals surface area contributed by atoms with Crippen LogP contribution in [0.1, 0.15) is 41.8 Å². The van der Waals surface area contributed by atoms with Crippen molar-refractivity contribution in [3.8, 4) is 17.2 Å². The molecule has 3 rings (SSSR count). The van der Waals surface area contributed by atoms with E-state index in [2.05, 4.69) is 47.7 Å². The van der Waals surface area contributed by atoms with E-state index in [-0.39, 0.29) is 12.5 Å². The molecule has 0 radical (unpaired) electrons. The molecule has 2 amide bonds. The highest BCUT2D eigenvalue weighted by atomic mass is 79.9. The lowest BCUT2D eigenvalue weighted by molar-refractivity contribution is -0.118. The maximum atomic E-state index is 12.7. The van der Waals surface area contributed by atoms with Gasteiger partial charge in [0.2, 0.25) is 0 Å². The Morgan fingerprint density at radius 3 is 2.53 bits per heavy atom. The molecular weight excluding hydrogens is 618 g/mol. The number of halogens is 2. The highest BCUT2D eigenvalue weighted by molar-refractivity contribution is 9.11. The van der Waals surface area contributed by atoms with Crippen LogP contribution in [0.4, 0.5) is 5.69 Å². The van der Waals surface area contributed by atoms with E-state index >= 15 is 0 Å². The van der Waals surface area contributed by atoms with Crippen LogP contribution in [0.15, 0.2) is 68.6 Å². The minimum Gasteiger partial charge on any atom is -0.490 e. The Bertz CT molecular complexity index is 1310. The summed E-state index contributed by atoms with van der Waals surface area (Å²) in [6.45, 7) is 6.60. The van der Waals surface area contributed by atoms with Gasteiger partial charge in [-0.3, -0.25) is 9.59 Å². The lowest BCUT2D eigenvalue weighted by Crippen LogP contribution is -2.21. The van der Waals surface area contributed by atoms with Crippen LogP contribution in [0, 0.1) is 6.92 Å². The second kappa shape index (κ2) is 14.5. The quantitative estimate of drug-likeness (QED) is 0.173. The Morgan fingerprint density at radius 1 is 0.974 bits per heavy atom. The van der Waals surface area contributed by atoms with E-state index in [9.17, 15) is 9.59 Å². The molecule has 3 aromatic rings. The van der Waals surface area contributed by atoms with E-state index in [1.807, 2.05) is 45.0 Å². The maximum Gasteiger partial charge on any atom is 0.271 e. The summed E-state index contributed by atoms with van der Waals surface area (Å²) in [6, 6.07) is 16.0. The molecule has 0 saturated heterocycles. The van der Waals surface area contributed by atoms with Gasteiger partial charge in [-0.1, -0.05) is 35.0 Å². The minimum atomic E-state index is -0.418. The Balaban J connectivity index is 1.69. The van der Waals surface area contributed by atoms with Gasteiger partial charge in [0.05, 0.1) is 23.9 Å². The molecule has 2 N–H and O–H groups in total. The van der Waals surface area contributed by atoms with Gasteiger partial charge in [0, 0.05) is 21.3 Å². The molecule has 0 aliphatic heterocycles. The smallest absolute Gasteiger partial charge is 0.271 e. The number of carbonyl (C=O) groups excluding carboxylic acids is 2. The first-order valence-electron chi connectivity index (χ1n) is 12.0. The van der Waals surface area contributed by atoms with E-state index < -0.39 is 5.91 Å². The Morgan fingerprint density at radius 2 is 1.79 bits per heavy atom. The van der Waals surface area contributed by atoms with Crippen molar-refractivity contribution >= 4 is 55.6 Å². The number of nitrogens with zero attached hydrogens (tertiary/aromatic N) is 1. The normalized spacial score (nSPS) is 10.8. The molecule has 0 heterocycles. The topological polar surface area (TPSA) is 98.3 Å². The number of carbonyl (C=O) groups is 2. The highest BCUT2D eigenvalue weighted by Gasteiger charge is 2.14. The van der Waals surface area contributed by atoms with Gasteiger partial charge >= 0.3 is 0 Å². The predicted octanol–water partition coefficient (Wildman–Crippen LogP) is 6.49. The molecule has 0 saturated carbocycles. The standard InChI is InChI=1S/C28H29Br2N3O5/c1-4-11-37-24-10-9-19(14-25(24)36-5-2)28(35)33-31-16-20-13-21(29)15-23(30)27(20)38-17-26(34)32-22-8-6-7-18(3)12-22/h6-10,12-16H,4-5,11,17H2,1-3H3,(H,32,34)(H,33,35)/b31-16+. The van der Waals surface area contributed by atoms with Gasteiger partial charge in [-0.05, 0) is 84.2 Å². The van der Waals surface area contributed by atoms with Crippen molar-refractivity contribution in [3.05, 3.63) is 80.2 Å². The molecule has 0 aliphatic rings. The zero-order valence-electron chi connectivity index (χ0n) is 21.3. The Hall–Kier alpha value is -3.37. The summed E-state index contributed by atoms with van der Waals surface area (Å²) in [4.78, 5) is 25.2. The lowest BCUT2D eigenvalue weighted by Gasteiger charge is -2.13. The zero-order valence-corrected chi connectivity index (χ0v) is 24.5. The fraction of sp³-hybridized carbons (Fsp3) is 0.250. The van der Waals surface area contributed by atoms with Crippen LogP contribution < -0.4 is 25.0 Å². The van der Waals surface area contributed by atoms with E-state index in [0.717, 1.165) is 16.5 Å². The van der Waals surface area contributed by atoms with Gasteiger partial charge in [-0.15, -0.1) is 0 Å². The zero-order chi connectivity index (χ0) is 27.5.